The number of aromatic nitrogens is 2. The third-order valence-corrected chi connectivity index (χ3v) is 1.73. The summed E-state index contributed by atoms with van der Waals surface area (Å²) in [5.41, 5.74) is 0. The minimum atomic E-state index is 0. The van der Waals surface area contributed by atoms with Gasteiger partial charge in [-0.05, 0) is 36.0 Å². The first-order valence-corrected chi connectivity index (χ1v) is 3.20. The van der Waals surface area contributed by atoms with E-state index in [9.17, 15) is 0 Å². The molecule has 1 aromatic rings. The molecule has 0 saturated heterocycles. The Morgan fingerprint density at radius 1 is 1.38 bits per heavy atom. The summed E-state index contributed by atoms with van der Waals surface area (Å²) >= 11 is 10.7. The Kier molecular flexibility index (Phi) is 3.76. The molecule has 0 bridgehead atoms. The molecule has 0 atom stereocenters. The molecule has 0 unspecified atom stereocenters. The molecule has 2 N–H and O–H groups in total. The minimum absolute atomic E-state index is 0. The van der Waals surface area contributed by atoms with E-state index in [0.29, 0.717) is 8.73 Å². The second-order valence-electron chi connectivity index (χ2n) is 0.946. The van der Waals surface area contributed by atoms with Crippen molar-refractivity contribution in [3.8, 4) is 0 Å². The molecule has 2 nitrogen and oxygen atoms in total. The largest absolute Gasteiger partial charge is 2.00 e. The predicted octanol–water partition coefficient (Wildman–Crippen LogP) is 1.86. The molecule has 47 valence electrons. The van der Waals surface area contributed by atoms with E-state index < -0.39 is 0 Å². The van der Waals surface area contributed by atoms with Crippen LogP contribution in [0.25, 0.3) is 0 Å². The van der Waals surface area contributed by atoms with Crippen LogP contribution in [0.15, 0.2) is 0 Å². The molecule has 0 aromatic carbocycles. The van der Waals surface area contributed by atoms with Gasteiger partial charge in [0.05, 0.1) is 0 Å². The Morgan fingerprint density at radius 3 is 2.12 bits per heavy atom. The van der Waals surface area contributed by atoms with Gasteiger partial charge < -0.3 is 4.98 Å². The number of hydrogen-bond acceptors (Lipinski definition) is 3. The minimum Gasteiger partial charge on any atom is -0.313 e. The van der Waals surface area contributed by atoms with Crippen molar-refractivity contribution in [3.05, 3.63) is 8.73 Å². The fourth-order valence-electron chi connectivity index (χ4n) is 0.236. The van der Waals surface area contributed by atoms with Gasteiger partial charge in [-0.3, -0.25) is 4.37 Å². The third kappa shape index (κ3) is 2.19. The van der Waals surface area contributed by atoms with Gasteiger partial charge in [0.15, 0.2) is 8.73 Å². The summed E-state index contributed by atoms with van der Waals surface area (Å²) in [5, 5.41) is 0. The molecule has 0 amide bonds. The van der Waals surface area contributed by atoms with E-state index in [1.165, 1.54) is 11.5 Å². The summed E-state index contributed by atoms with van der Waals surface area (Å²) in [6.45, 7) is 0. The van der Waals surface area contributed by atoms with E-state index in [1.807, 2.05) is 0 Å². The first-order chi connectivity index (χ1) is 3.29. The van der Waals surface area contributed by atoms with Crippen LogP contribution in [0.2, 0.25) is 0 Å². The smallest absolute Gasteiger partial charge is 0.313 e. The van der Waals surface area contributed by atoms with Crippen LogP contribution in [-0.4, -0.2) is 9.36 Å². The predicted molar refractivity (Wildman–Crippen MR) is 34.7 cm³/mol. The van der Waals surface area contributed by atoms with Gasteiger partial charge in [-0.2, -0.15) is 0 Å². The van der Waals surface area contributed by atoms with Crippen molar-refractivity contribution in [2.75, 3.05) is 0 Å². The zero-order chi connectivity index (χ0) is 5.28. The topological polar surface area (TPSA) is 31.6 Å². The standard InChI is InChI=1S/C2H2N2S3.Cu/c5-1-3-2(6)7-4-1;/h(H2,3,4,5,6);/q;+2. The first kappa shape index (κ1) is 8.52. The quantitative estimate of drug-likeness (QED) is 0.510. The second-order valence-corrected chi connectivity index (χ2v) is 2.84. The average Bonchev–Trinajstić information content (AvgIpc) is 1.87. The third-order valence-electron chi connectivity index (χ3n) is 0.452. The van der Waals surface area contributed by atoms with Crippen LogP contribution in [-0.2, 0) is 17.1 Å². The summed E-state index contributed by atoms with van der Waals surface area (Å²) in [4.78, 5) is 2.73. The van der Waals surface area contributed by atoms with Crippen LogP contribution in [0.3, 0.4) is 0 Å². The maximum atomic E-state index is 4.70. The summed E-state index contributed by atoms with van der Waals surface area (Å²) in [7, 11) is 0. The summed E-state index contributed by atoms with van der Waals surface area (Å²) in [6, 6.07) is 0. The Bertz CT molecular complexity index is 220. The van der Waals surface area contributed by atoms with E-state index in [2.05, 4.69) is 21.6 Å². The first-order valence-electron chi connectivity index (χ1n) is 1.57. The molecular weight excluding hydrogens is 212 g/mol. The SMILES string of the molecule is S=c1[nH]sc(=S)[nH]1.[Cu+2]. The van der Waals surface area contributed by atoms with Crippen molar-refractivity contribution in [3.63, 3.8) is 0 Å². The summed E-state index contributed by atoms with van der Waals surface area (Å²) in [6.07, 6.45) is 0. The van der Waals surface area contributed by atoms with Gasteiger partial charge in [0.1, 0.15) is 0 Å². The molecule has 6 heteroatoms. The van der Waals surface area contributed by atoms with Gasteiger partial charge in [0.25, 0.3) is 0 Å². The van der Waals surface area contributed by atoms with Gasteiger partial charge in [-0.25, -0.2) is 0 Å². The van der Waals surface area contributed by atoms with Crippen molar-refractivity contribution >= 4 is 36.0 Å². The molecular formula is C2H2CuN2S3+2. The van der Waals surface area contributed by atoms with Gasteiger partial charge in [-0.1, -0.05) is 0 Å². The molecule has 0 aliphatic carbocycles. The molecule has 8 heavy (non-hydrogen) atoms. The Labute approximate surface area is 71.0 Å². The molecule has 1 heterocycles. The molecule has 0 spiro atoms. The maximum absolute atomic E-state index is 4.70. The van der Waals surface area contributed by atoms with Crippen LogP contribution < -0.4 is 0 Å². The summed E-state index contributed by atoms with van der Waals surface area (Å²) in [5.74, 6) is 0. The second kappa shape index (κ2) is 3.53. The fourth-order valence-corrected chi connectivity index (χ4v) is 1.21. The number of hydrogen-bond donors (Lipinski definition) is 2. The zero-order valence-electron chi connectivity index (χ0n) is 3.53. The number of rotatable bonds is 0. The molecule has 0 aliphatic rings. The van der Waals surface area contributed by atoms with Crippen LogP contribution >= 0.6 is 36.0 Å². The molecule has 0 saturated carbocycles. The Balaban J connectivity index is 0.000000490. The van der Waals surface area contributed by atoms with Gasteiger partial charge in [0.2, 0.25) is 0 Å². The Hall–Kier alpha value is 0.519. The van der Waals surface area contributed by atoms with Crippen molar-refractivity contribution in [1.82, 2.24) is 9.36 Å². The maximum Gasteiger partial charge on any atom is 2.00 e. The van der Waals surface area contributed by atoms with E-state index in [4.69, 9.17) is 12.2 Å². The molecule has 1 rings (SSSR count). The van der Waals surface area contributed by atoms with E-state index in [1.54, 1.807) is 0 Å². The van der Waals surface area contributed by atoms with Crippen LogP contribution in [0, 0.1) is 8.73 Å². The molecule has 0 fully saturated rings. The van der Waals surface area contributed by atoms with E-state index in [-0.39, 0.29) is 17.1 Å². The number of nitrogens with one attached hydrogen (secondary N) is 2. The number of aromatic amines is 2. The van der Waals surface area contributed by atoms with E-state index in [0.717, 1.165) is 0 Å². The fraction of sp³-hybridized carbons (Fsp3) is 0. The molecule has 1 aromatic heterocycles. The molecule has 1 radical (unpaired) electrons. The van der Waals surface area contributed by atoms with Crippen molar-refractivity contribution in [2.24, 2.45) is 0 Å². The Morgan fingerprint density at radius 2 is 2.00 bits per heavy atom. The van der Waals surface area contributed by atoms with E-state index >= 15 is 0 Å². The zero-order valence-corrected chi connectivity index (χ0v) is 6.92. The molecule has 0 aliphatic heterocycles. The monoisotopic (exact) mass is 213 g/mol. The van der Waals surface area contributed by atoms with Crippen molar-refractivity contribution < 1.29 is 17.1 Å². The van der Waals surface area contributed by atoms with Crippen LogP contribution in [0.5, 0.6) is 0 Å². The van der Waals surface area contributed by atoms with Gasteiger partial charge in [0, 0.05) is 0 Å². The van der Waals surface area contributed by atoms with Gasteiger partial charge >= 0.3 is 17.1 Å². The number of H-pyrrole nitrogens is 2. The van der Waals surface area contributed by atoms with Crippen molar-refractivity contribution in [2.45, 2.75) is 0 Å². The van der Waals surface area contributed by atoms with Crippen molar-refractivity contribution in [1.29, 1.82) is 0 Å². The van der Waals surface area contributed by atoms with Gasteiger partial charge in [-0.15, -0.1) is 0 Å². The van der Waals surface area contributed by atoms with Crippen LogP contribution in [0.1, 0.15) is 0 Å². The van der Waals surface area contributed by atoms with Crippen LogP contribution in [0.4, 0.5) is 0 Å². The average molecular weight is 214 g/mol. The summed E-state index contributed by atoms with van der Waals surface area (Å²) < 4.78 is 4.07. The normalized spacial score (nSPS) is 8.00.